The first-order valence-electron chi connectivity index (χ1n) is 7.41. The SMILES string of the molecule is CCOC(=O)c1cccnc1N1CCC2CCC(C1)N2. The van der Waals surface area contributed by atoms with E-state index in [1.165, 1.54) is 12.8 Å². The molecule has 5 nitrogen and oxygen atoms in total. The van der Waals surface area contributed by atoms with Gasteiger partial charge in [-0.2, -0.15) is 0 Å². The Bertz CT molecular complexity index is 492. The van der Waals surface area contributed by atoms with Crippen LogP contribution in [0.1, 0.15) is 36.5 Å². The average molecular weight is 275 g/mol. The lowest BCUT2D eigenvalue weighted by molar-refractivity contribution is 0.0526. The van der Waals surface area contributed by atoms with Crippen LogP contribution in [-0.4, -0.2) is 42.7 Å². The number of nitrogens with one attached hydrogen (secondary N) is 1. The monoisotopic (exact) mass is 275 g/mol. The molecule has 2 fully saturated rings. The van der Waals surface area contributed by atoms with Crippen molar-refractivity contribution in [2.75, 3.05) is 24.6 Å². The third kappa shape index (κ3) is 2.63. The molecule has 5 heteroatoms. The van der Waals surface area contributed by atoms with E-state index in [1.807, 2.05) is 6.92 Å². The minimum absolute atomic E-state index is 0.280. The van der Waals surface area contributed by atoms with E-state index in [-0.39, 0.29) is 5.97 Å². The van der Waals surface area contributed by atoms with Gasteiger partial charge in [0, 0.05) is 31.4 Å². The molecule has 1 aromatic heterocycles. The van der Waals surface area contributed by atoms with Crippen LogP contribution in [0.15, 0.2) is 18.3 Å². The van der Waals surface area contributed by atoms with Crippen LogP contribution in [0.5, 0.6) is 0 Å². The van der Waals surface area contributed by atoms with Gasteiger partial charge < -0.3 is 15.0 Å². The molecule has 2 unspecified atom stereocenters. The summed E-state index contributed by atoms with van der Waals surface area (Å²) in [5, 5.41) is 3.64. The molecule has 2 bridgehead atoms. The predicted octanol–water partition coefficient (Wildman–Crippen LogP) is 1.59. The fourth-order valence-corrected chi connectivity index (χ4v) is 3.15. The zero-order valence-corrected chi connectivity index (χ0v) is 11.8. The standard InChI is InChI=1S/C15H21N3O2/c1-2-20-15(19)13-4-3-8-16-14(13)18-9-7-11-5-6-12(10-18)17-11/h3-4,8,11-12,17H,2,5-7,9-10H2,1H3. The summed E-state index contributed by atoms with van der Waals surface area (Å²) in [7, 11) is 0. The van der Waals surface area contributed by atoms with E-state index < -0.39 is 0 Å². The third-order valence-corrected chi connectivity index (χ3v) is 4.10. The van der Waals surface area contributed by atoms with Crippen LogP contribution in [-0.2, 0) is 4.74 Å². The number of fused-ring (bicyclic) bond motifs is 2. The maximum Gasteiger partial charge on any atom is 0.341 e. The normalized spacial score (nSPS) is 25.4. The van der Waals surface area contributed by atoms with Crippen LogP contribution in [0.2, 0.25) is 0 Å². The van der Waals surface area contributed by atoms with Crippen molar-refractivity contribution in [3.63, 3.8) is 0 Å². The number of ether oxygens (including phenoxy) is 1. The van der Waals surface area contributed by atoms with Gasteiger partial charge in [0.1, 0.15) is 11.4 Å². The highest BCUT2D eigenvalue weighted by Gasteiger charge is 2.31. The molecule has 1 aromatic rings. The number of rotatable bonds is 3. The van der Waals surface area contributed by atoms with Crippen molar-refractivity contribution < 1.29 is 9.53 Å². The smallest absolute Gasteiger partial charge is 0.341 e. The molecule has 0 spiro atoms. The molecule has 0 saturated carbocycles. The molecular weight excluding hydrogens is 254 g/mol. The van der Waals surface area contributed by atoms with Crippen LogP contribution in [0, 0.1) is 0 Å². The summed E-state index contributed by atoms with van der Waals surface area (Å²) in [5.74, 6) is 0.485. The van der Waals surface area contributed by atoms with Crippen LogP contribution >= 0.6 is 0 Å². The van der Waals surface area contributed by atoms with Gasteiger partial charge in [-0.05, 0) is 38.3 Å². The zero-order chi connectivity index (χ0) is 13.9. The molecule has 2 atom stereocenters. The predicted molar refractivity (Wildman–Crippen MR) is 77.0 cm³/mol. The first-order valence-corrected chi connectivity index (χ1v) is 7.41. The first-order chi connectivity index (χ1) is 9.78. The van der Waals surface area contributed by atoms with Gasteiger partial charge in [0.15, 0.2) is 0 Å². The van der Waals surface area contributed by atoms with Gasteiger partial charge in [0.25, 0.3) is 0 Å². The second kappa shape index (κ2) is 5.79. The van der Waals surface area contributed by atoms with Crippen molar-refractivity contribution >= 4 is 11.8 Å². The fourth-order valence-electron chi connectivity index (χ4n) is 3.15. The van der Waals surface area contributed by atoms with E-state index >= 15 is 0 Å². The molecule has 0 aliphatic carbocycles. The van der Waals surface area contributed by atoms with Gasteiger partial charge in [0.05, 0.1) is 6.61 Å². The van der Waals surface area contributed by atoms with Gasteiger partial charge >= 0.3 is 5.97 Å². The molecule has 2 aliphatic heterocycles. The average Bonchev–Trinajstić information content (AvgIpc) is 2.79. The van der Waals surface area contributed by atoms with Crippen LogP contribution < -0.4 is 10.2 Å². The Morgan fingerprint density at radius 2 is 2.30 bits per heavy atom. The Labute approximate surface area is 119 Å². The lowest BCUT2D eigenvalue weighted by atomic mass is 10.1. The molecular formula is C15H21N3O2. The minimum Gasteiger partial charge on any atom is -0.462 e. The fraction of sp³-hybridized carbons (Fsp3) is 0.600. The lowest BCUT2D eigenvalue weighted by Gasteiger charge is -2.26. The number of carbonyl (C=O) groups is 1. The first kappa shape index (κ1) is 13.4. The molecule has 2 aliphatic rings. The van der Waals surface area contributed by atoms with Gasteiger partial charge in [-0.1, -0.05) is 0 Å². The van der Waals surface area contributed by atoms with E-state index in [0.717, 1.165) is 25.3 Å². The largest absolute Gasteiger partial charge is 0.462 e. The molecule has 20 heavy (non-hydrogen) atoms. The number of nitrogens with zero attached hydrogens (tertiary/aromatic N) is 2. The maximum atomic E-state index is 12.0. The summed E-state index contributed by atoms with van der Waals surface area (Å²) in [6, 6.07) is 4.73. The second-order valence-electron chi connectivity index (χ2n) is 5.47. The van der Waals surface area contributed by atoms with E-state index in [0.29, 0.717) is 24.3 Å². The molecule has 0 amide bonds. The Kier molecular flexibility index (Phi) is 3.87. The summed E-state index contributed by atoms with van der Waals surface area (Å²) in [6.07, 6.45) is 5.33. The molecule has 2 saturated heterocycles. The Balaban J connectivity index is 1.84. The van der Waals surface area contributed by atoms with Crippen LogP contribution in [0.25, 0.3) is 0 Å². The van der Waals surface area contributed by atoms with Gasteiger partial charge in [-0.25, -0.2) is 9.78 Å². The summed E-state index contributed by atoms with van der Waals surface area (Å²) in [6.45, 7) is 4.07. The van der Waals surface area contributed by atoms with Crippen LogP contribution in [0.3, 0.4) is 0 Å². The molecule has 0 radical (unpaired) electrons. The highest BCUT2D eigenvalue weighted by molar-refractivity contribution is 5.94. The number of pyridine rings is 1. The zero-order valence-electron chi connectivity index (χ0n) is 11.8. The number of carbonyl (C=O) groups excluding carboxylic acids is 1. The van der Waals surface area contributed by atoms with Crippen molar-refractivity contribution in [2.45, 2.75) is 38.3 Å². The quantitative estimate of drug-likeness (QED) is 0.849. The molecule has 1 N–H and O–H groups in total. The number of esters is 1. The molecule has 3 heterocycles. The number of hydrogen-bond donors (Lipinski definition) is 1. The van der Waals surface area contributed by atoms with E-state index in [1.54, 1.807) is 18.3 Å². The van der Waals surface area contributed by atoms with Crippen molar-refractivity contribution in [1.29, 1.82) is 0 Å². The number of anilines is 1. The van der Waals surface area contributed by atoms with Gasteiger partial charge in [0.2, 0.25) is 0 Å². The summed E-state index contributed by atoms with van der Waals surface area (Å²) in [5.41, 5.74) is 0.576. The molecule has 0 aromatic carbocycles. The lowest BCUT2D eigenvalue weighted by Crippen LogP contribution is -2.36. The Morgan fingerprint density at radius 1 is 1.45 bits per heavy atom. The summed E-state index contributed by atoms with van der Waals surface area (Å²) < 4.78 is 5.13. The van der Waals surface area contributed by atoms with Crippen molar-refractivity contribution in [1.82, 2.24) is 10.3 Å². The van der Waals surface area contributed by atoms with Gasteiger partial charge in [-0.3, -0.25) is 0 Å². The third-order valence-electron chi connectivity index (χ3n) is 4.10. The van der Waals surface area contributed by atoms with E-state index in [4.69, 9.17) is 4.74 Å². The van der Waals surface area contributed by atoms with Crippen molar-refractivity contribution in [3.05, 3.63) is 23.9 Å². The topological polar surface area (TPSA) is 54.5 Å². The second-order valence-corrected chi connectivity index (χ2v) is 5.47. The Morgan fingerprint density at radius 3 is 3.15 bits per heavy atom. The van der Waals surface area contributed by atoms with Gasteiger partial charge in [-0.15, -0.1) is 0 Å². The summed E-state index contributed by atoms with van der Waals surface area (Å²) in [4.78, 5) is 18.7. The summed E-state index contributed by atoms with van der Waals surface area (Å²) >= 11 is 0. The van der Waals surface area contributed by atoms with E-state index in [2.05, 4.69) is 15.2 Å². The molecule has 3 rings (SSSR count). The number of hydrogen-bond acceptors (Lipinski definition) is 5. The van der Waals surface area contributed by atoms with Crippen LogP contribution in [0.4, 0.5) is 5.82 Å². The number of aromatic nitrogens is 1. The molecule has 108 valence electrons. The highest BCUT2D eigenvalue weighted by atomic mass is 16.5. The van der Waals surface area contributed by atoms with Crippen molar-refractivity contribution in [2.24, 2.45) is 0 Å². The van der Waals surface area contributed by atoms with Crippen molar-refractivity contribution in [3.8, 4) is 0 Å². The highest BCUT2D eigenvalue weighted by Crippen LogP contribution is 2.25. The van der Waals surface area contributed by atoms with E-state index in [9.17, 15) is 4.79 Å². The minimum atomic E-state index is -0.280. The Hall–Kier alpha value is -1.62. The maximum absolute atomic E-state index is 12.0.